The highest BCUT2D eigenvalue weighted by Crippen LogP contribution is 2.40. The Balaban J connectivity index is 1.70. The van der Waals surface area contributed by atoms with Crippen LogP contribution in [0.4, 0.5) is 0 Å². The molecule has 0 amide bonds. The molecule has 0 bridgehead atoms. The van der Waals surface area contributed by atoms with E-state index in [0.29, 0.717) is 5.75 Å². The van der Waals surface area contributed by atoms with E-state index in [9.17, 15) is 10.1 Å². The fourth-order valence-corrected chi connectivity index (χ4v) is 4.27. The molecule has 5 nitrogen and oxygen atoms in total. The van der Waals surface area contributed by atoms with Gasteiger partial charge in [0.1, 0.15) is 5.75 Å². The van der Waals surface area contributed by atoms with E-state index in [-0.39, 0.29) is 10.6 Å². The molecule has 1 aliphatic heterocycles. The standard InChI is InChI=1S/C24H20N2O3/c1-3-25-20-7-5-4-6-18(20)19-13-16(9-10-21(19)25)24-22(26(27)28)14-17-12-15(2)8-11-23(17)29-24/h4-14,24H,3H2,1-2H3. The van der Waals surface area contributed by atoms with E-state index in [1.54, 1.807) is 6.08 Å². The maximum absolute atomic E-state index is 11.8. The highest BCUT2D eigenvalue weighted by atomic mass is 16.6. The largest absolute Gasteiger partial charge is 0.474 e. The minimum absolute atomic E-state index is 0.0571. The lowest BCUT2D eigenvalue weighted by Gasteiger charge is -2.23. The van der Waals surface area contributed by atoms with Crippen molar-refractivity contribution in [2.45, 2.75) is 26.5 Å². The molecule has 0 fully saturated rings. The highest BCUT2D eigenvalue weighted by Gasteiger charge is 2.33. The molecule has 0 saturated carbocycles. The third-order valence-electron chi connectivity index (χ3n) is 5.61. The third kappa shape index (κ3) is 2.70. The summed E-state index contributed by atoms with van der Waals surface area (Å²) in [5.74, 6) is 0.669. The molecule has 1 aromatic heterocycles. The number of nitro groups is 1. The van der Waals surface area contributed by atoms with Gasteiger partial charge >= 0.3 is 0 Å². The van der Waals surface area contributed by atoms with Crippen molar-refractivity contribution in [3.05, 3.63) is 93.2 Å². The third-order valence-corrected chi connectivity index (χ3v) is 5.61. The Morgan fingerprint density at radius 3 is 2.62 bits per heavy atom. The van der Waals surface area contributed by atoms with Crippen LogP contribution in [0.5, 0.6) is 5.75 Å². The topological polar surface area (TPSA) is 57.3 Å². The first-order valence-electron chi connectivity index (χ1n) is 9.71. The maximum atomic E-state index is 11.8. The lowest BCUT2D eigenvalue weighted by Crippen LogP contribution is -2.19. The van der Waals surface area contributed by atoms with Gasteiger partial charge in [0, 0.05) is 45.6 Å². The van der Waals surface area contributed by atoms with Crippen molar-refractivity contribution in [1.29, 1.82) is 0 Å². The Labute approximate surface area is 168 Å². The molecule has 5 rings (SSSR count). The van der Waals surface area contributed by atoms with E-state index < -0.39 is 6.10 Å². The van der Waals surface area contributed by atoms with Crippen LogP contribution in [-0.2, 0) is 6.54 Å². The van der Waals surface area contributed by atoms with E-state index in [0.717, 1.165) is 45.0 Å². The highest BCUT2D eigenvalue weighted by molar-refractivity contribution is 6.08. The van der Waals surface area contributed by atoms with Gasteiger partial charge in [0.2, 0.25) is 6.10 Å². The first-order valence-corrected chi connectivity index (χ1v) is 9.71. The zero-order valence-corrected chi connectivity index (χ0v) is 16.3. The first kappa shape index (κ1) is 17.5. The van der Waals surface area contributed by atoms with Gasteiger partial charge in [0.15, 0.2) is 0 Å². The van der Waals surface area contributed by atoms with Gasteiger partial charge in [-0.15, -0.1) is 0 Å². The van der Waals surface area contributed by atoms with Gasteiger partial charge in [-0.2, -0.15) is 0 Å². The quantitative estimate of drug-likeness (QED) is 0.328. The predicted molar refractivity (Wildman–Crippen MR) is 115 cm³/mol. The fraction of sp³-hybridized carbons (Fsp3) is 0.167. The number of aromatic nitrogens is 1. The number of nitrogens with zero attached hydrogens (tertiary/aromatic N) is 2. The Kier molecular flexibility index (Phi) is 3.91. The second-order valence-electron chi connectivity index (χ2n) is 7.40. The van der Waals surface area contributed by atoms with Gasteiger partial charge < -0.3 is 9.30 Å². The number of aryl methyl sites for hydroxylation is 2. The Hall–Kier alpha value is -3.60. The Morgan fingerprint density at radius 2 is 1.83 bits per heavy atom. The van der Waals surface area contributed by atoms with Crippen LogP contribution in [0.3, 0.4) is 0 Å². The summed E-state index contributed by atoms with van der Waals surface area (Å²) in [7, 11) is 0. The van der Waals surface area contributed by atoms with Crippen molar-refractivity contribution >= 4 is 27.9 Å². The number of fused-ring (bicyclic) bond motifs is 4. The Morgan fingerprint density at radius 1 is 1.03 bits per heavy atom. The van der Waals surface area contributed by atoms with Crippen molar-refractivity contribution in [1.82, 2.24) is 4.57 Å². The summed E-state index contributed by atoms with van der Waals surface area (Å²) in [4.78, 5) is 11.5. The second kappa shape index (κ2) is 6.48. The zero-order chi connectivity index (χ0) is 20.1. The molecular formula is C24H20N2O3. The minimum atomic E-state index is -0.742. The maximum Gasteiger partial charge on any atom is 0.291 e. The van der Waals surface area contributed by atoms with E-state index in [4.69, 9.17) is 4.74 Å². The molecule has 29 heavy (non-hydrogen) atoms. The summed E-state index contributed by atoms with van der Waals surface area (Å²) in [6.45, 7) is 4.94. The van der Waals surface area contributed by atoms with Crippen molar-refractivity contribution < 1.29 is 9.66 Å². The van der Waals surface area contributed by atoms with E-state index >= 15 is 0 Å². The molecule has 0 saturated heterocycles. The van der Waals surface area contributed by atoms with Crippen molar-refractivity contribution in [2.24, 2.45) is 0 Å². The molecule has 4 aromatic rings. The number of ether oxygens (including phenoxy) is 1. The molecular weight excluding hydrogens is 364 g/mol. The molecule has 2 heterocycles. The van der Waals surface area contributed by atoms with Crippen LogP contribution in [0.2, 0.25) is 0 Å². The van der Waals surface area contributed by atoms with Crippen LogP contribution in [0.25, 0.3) is 27.9 Å². The second-order valence-corrected chi connectivity index (χ2v) is 7.40. The first-order chi connectivity index (χ1) is 14.1. The summed E-state index contributed by atoms with van der Waals surface area (Å²) in [6, 6.07) is 20.0. The summed E-state index contributed by atoms with van der Waals surface area (Å²) in [5.41, 5.74) is 4.91. The van der Waals surface area contributed by atoms with E-state index in [2.05, 4.69) is 23.6 Å². The smallest absolute Gasteiger partial charge is 0.291 e. The summed E-state index contributed by atoms with van der Waals surface area (Å²) in [6.07, 6.45) is 0.893. The molecule has 0 N–H and O–H groups in total. The summed E-state index contributed by atoms with van der Waals surface area (Å²) in [5, 5.41) is 14.0. The van der Waals surface area contributed by atoms with Crippen LogP contribution in [0, 0.1) is 17.0 Å². The lowest BCUT2D eigenvalue weighted by atomic mass is 9.98. The zero-order valence-electron chi connectivity index (χ0n) is 16.3. The van der Waals surface area contributed by atoms with Crippen LogP contribution in [0.15, 0.2) is 66.4 Å². The van der Waals surface area contributed by atoms with Crippen LogP contribution in [-0.4, -0.2) is 9.49 Å². The normalized spacial score (nSPS) is 15.8. The van der Waals surface area contributed by atoms with Crippen LogP contribution < -0.4 is 4.74 Å². The van der Waals surface area contributed by atoms with E-state index in [1.165, 1.54) is 0 Å². The van der Waals surface area contributed by atoms with Crippen molar-refractivity contribution in [3.8, 4) is 5.75 Å². The fourth-order valence-electron chi connectivity index (χ4n) is 4.27. The van der Waals surface area contributed by atoms with Crippen molar-refractivity contribution in [3.63, 3.8) is 0 Å². The van der Waals surface area contributed by atoms with Crippen LogP contribution in [0.1, 0.15) is 29.7 Å². The number of rotatable bonds is 3. The monoisotopic (exact) mass is 384 g/mol. The van der Waals surface area contributed by atoms with Crippen molar-refractivity contribution in [2.75, 3.05) is 0 Å². The lowest BCUT2D eigenvalue weighted by molar-refractivity contribution is -0.434. The molecule has 0 spiro atoms. The van der Waals surface area contributed by atoms with Gasteiger partial charge in [-0.3, -0.25) is 10.1 Å². The molecule has 0 radical (unpaired) electrons. The van der Waals surface area contributed by atoms with Gasteiger partial charge in [-0.25, -0.2) is 0 Å². The van der Waals surface area contributed by atoms with Gasteiger partial charge in [0.25, 0.3) is 5.70 Å². The van der Waals surface area contributed by atoms with Gasteiger partial charge in [-0.1, -0.05) is 35.9 Å². The minimum Gasteiger partial charge on any atom is -0.474 e. The molecule has 1 aliphatic rings. The molecule has 3 aromatic carbocycles. The van der Waals surface area contributed by atoms with E-state index in [1.807, 2.05) is 55.5 Å². The summed E-state index contributed by atoms with van der Waals surface area (Å²) >= 11 is 0. The summed E-state index contributed by atoms with van der Waals surface area (Å²) < 4.78 is 8.39. The number of para-hydroxylation sites is 1. The number of benzene rings is 3. The molecule has 1 atom stereocenters. The molecule has 5 heteroatoms. The average molecular weight is 384 g/mol. The number of hydrogen-bond donors (Lipinski definition) is 0. The average Bonchev–Trinajstić information content (AvgIpc) is 3.05. The van der Waals surface area contributed by atoms with Gasteiger partial charge in [-0.05, 0) is 44.2 Å². The van der Waals surface area contributed by atoms with Gasteiger partial charge in [0.05, 0.1) is 4.92 Å². The molecule has 1 unspecified atom stereocenters. The molecule has 0 aliphatic carbocycles. The number of hydrogen-bond acceptors (Lipinski definition) is 3. The molecule has 144 valence electrons. The predicted octanol–water partition coefficient (Wildman–Crippen LogP) is 5.87. The Bertz CT molecular complexity index is 1320. The SMILES string of the molecule is CCn1c2ccccc2c2cc(C3Oc4ccc(C)cc4C=C3[N+](=O)[O-])ccc21. The van der Waals surface area contributed by atoms with Crippen LogP contribution >= 0.6 is 0 Å².